The predicted octanol–water partition coefficient (Wildman–Crippen LogP) is 0.701. The molecular formula is C76H139N3O31. The van der Waals surface area contributed by atoms with Crippen molar-refractivity contribution in [2.75, 3.05) is 33.0 Å². The maximum Gasteiger partial charge on any atom is 0.364 e. The first kappa shape index (κ1) is 98.8. The standard InChI is InChI=1S/C76H139N3O31/c1-6-7-8-9-10-11-12-13-14-15-16-17-18-19-20-25-28-31-34-37-50(84)70(98)78-48(60(90)49(83)36-33-30-27-24-22-21-23-26-29-32-35-45(2)3)42-103-72-67(97)65(95)63(93)55(107-72)43-105-75(73(99)100)39-54(58(77-47(5)82)69(109-75)62(92)53(87)41-81)108-76(74(101)102)38-51(85)57(68(110-76)61(91)52(86)40-80)79-56(88)44-104-71-66(96)64(94)59(89)46(4)106-71/h45-46,48-55,57-69,71-72,80-81,83-87,89-97H,6-44H2,1-5H3,(H,77,82)(H,78,98)(H,79,88)(H,99,100)(H,101,102)/t46-,48-,49+,50+,51-,52+,53+,54-,55+,57+,58+,59+,60-,61+,62+,63+,64+,65-,66-,67+,68+,69+,71+,72+,75+,76+/m0/s1. The average Bonchev–Trinajstić information content (AvgIpc) is 0.742. The Bertz CT molecular complexity index is 2560. The fourth-order valence-corrected chi connectivity index (χ4v) is 14.6. The van der Waals surface area contributed by atoms with Gasteiger partial charge in [-0.15, -0.1) is 0 Å². The summed E-state index contributed by atoms with van der Waals surface area (Å²) in [5.41, 5.74) is 0. The number of aliphatic carboxylic acids is 2. The summed E-state index contributed by atoms with van der Waals surface area (Å²) in [5, 5.41) is 205. The Morgan fingerprint density at radius 1 is 0.500 bits per heavy atom. The van der Waals surface area contributed by atoms with Gasteiger partial charge in [-0.3, -0.25) is 14.4 Å². The van der Waals surface area contributed by atoms with E-state index in [0.29, 0.717) is 18.8 Å². The Hall–Kier alpha value is -3.61. The Balaban J connectivity index is 1.53. The fourth-order valence-electron chi connectivity index (χ4n) is 14.6. The number of carbonyl (C=O) groups excluding carboxylic acids is 3. The van der Waals surface area contributed by atoms with E-state index >= 15 is 0 Å². The van der Waals surface area contributed by atoms with Gasteiger partial charge in [0.25, 0.3) is 11.6 Å². The first-order chi connectivity index (χ1) is 52.3. The lowest BCUT2D eigenvalue weighted by molar-refractivity contribution is -0.365. The van der Waals surface area contributed by atoms with E-state index in [1.54, 1.807) is 0 Å². The number of hydrogen-bond acceptors (Lipinski definition) is 29. The second-order valence-electron chi connectivity index (χ2n) is 31.2. The van der Waals surface area contributed by atoms with E-state index in [4.69, 9.17) is 37.9 Å². The van der Waals surface area contributed by atoms with Crippen molar-refractivity contribution in [1.82, 2.24) is 16.0 Å². The van der Waals surface area contributed by atoms with Gasteiger partial charge < -0.3 is 146 Å². The van der Waals surface area contributed by atoms with Crippen LogP contribution in [0.3, 0.4) is 0 Å². The lowest BCUT2D eigenvalue weighted by Crippen LogP contribution is -2.72. The maximum atomic E-state index is 13.8. The number of carbonyl (C=O) groups is 5. The molecule has 0 saturated carbocycles. The third-order valence-corrected chi connectivity index (χ3v) is 21.5. The first-order valence-electron chi connectivity index (χ1n) is 40.6. The van der Waals surface area contributed by atoms with E-state index in [1.165, 1.54) is 116 Å². The molecule has 34 heteroatoms. The zero-order valence-electron chi connectivity index (χ0n) is 65.4. The molecule has 4 saturated heterocycles. The van der Waals surface area contributed by atoms with Crippen LogP contribution in [0.2, 0.25) is 0 Å². The van der Waals surface area contributed by atoms with Crippen LogP contribution in [0.25, 0.3) is 0 Å². The van der Waals surface area contributed by atoms with Gasteiger partial charge in [0.2, 0.25) is 17.7 Å². The minimum absolute atomic E-state index is 0.0552. The molecule has 4 aliphatic rings. The summed E-state index contributed by atoms with van der Waals surface area (Å²) in [5.74, 6) is -13.6. The number of hydrogen-bond donors (Lipinski definition) is 21. The van der Waals surface area contributed by atoms with Crippen molar-refractivity contribution in [2.24, 2.45) is 5.92 Å². The van der Waals surface area contributed by atoms with Crippen LogP contribution in [0, 0.1) is 5.92 Å². The van der Waals surface area contributed by atoms with Crippen LogP contribution in [-0.4, -0.2) is 313 Å². The zero-order valence-corrected chi connectivity index (χ0v) is 65.4. The molecule has 0 aromatic heterocycles. The summed E-state index contributed by atoms with van der Waals surface area (Å²) in [4.78, 5) is 67.8. The first-order valence-corrected chi connectivity index (χ1v) is 40.6. The average molecular weight is 1590 g/mol. The van der Waals surface area contributed by atoms with Gasteiger partial charge >= 0.3 is 11.9 Å². The zero-order chi connectivity index (χ0) is 81.7. The highest BCUT2D eigenvalue weighted by Gasteiger charge is 2.63. The smallest absolute Gasteiger partial charge is 0.364 e. The van der Waals surface area contributed by atoms with Gasteiger partial charge in [0.1, 0.15) is 98.2 Å². The van der Waals surface area contributed by atoms with Crippen LogP contribution >= 0.6 is 0 Å². The maximum absolute atomic E-state index is 13.8. The van der Waals surface area contributed by atoms with Crippen LogP contribution < -0.4 is 16.0 Å². The molecule has 4 fully saturated rings. The van der Waals surface area contributed by atoms with Crippen molar-refractivity contribution >= 4 is 29.7 Å². The van der Waals surface area contributed by atoms with E-state index < -0.39 is 234 Å². The monoisotopic (exact) mass is 1590 g/mol. The lowest BCUT2D eigenvalue weighted by atomic mass is 9.86. The largest absolute Gasteiger partial charge is 0.477 e. The fraction of sp³-hybridized carbons (Fsp3) is 0.934. The van der Waals surface area contributed by atoms with Crippen LogP contribution in [0.1, 0.15) is 253 Å². The molecule has 0 aliphatic carbocycles. The number of amides is 3. The van der Waals surface area contributed by atoms with Crippen molar-refractivity contribution in [1.29, 1.82) is 0 Å². The van der Waals surface area contributed by atoms with Crippen LogP contribution in [-0.2, 0) is 61.9 Å². The van der Waals surface area contributed by atoms with E-state index in [1.807, 2.05) is 0 Å². The lowest BCUT2D eigenvalue weighted by Gasteiger charge is -2.52. The molecule has 34 nitrogen and oxygen atoms in total. The summed E-state index contributed by atoms with van der Waals surface area (Å²) in [6.07, 6.45) is -11.5. The van der Waals surface area contributed by atoms with E-state index in [-0.39, 0.29) is 12.8 Å². The Labute approximate surface area is 647 Å². The molecule has 26 atom stereocenters. The minimum atomic E-state index is -3.41. The molecule has 110 heavy (non-hydrogen) atoms. The Morgan fingerprint density at radius 3 is 1.40 bits per heavy atom. The number of rotatable bonds is 58. The molecule has 0 bridgehead atoms. The van der Waals surface area contributed by atoms with Crippen LogP contribution in [0.5, 0.6) is 0 Å². The van der Waals surface area contributed by atoms with Gasteiger partial charge in [0, 0.05) is 19.8 Å². The van der Waals surface area contributed by atoms with E-state index in [2.05, 4.69) is 36.7 Å². The summed E-state index contributed by atoms with van der Waals surface area (Å²) in [7, 11) is 0. The predicted molar refractivity (Wildman–Crippen MR) is 393 cm³/mol. The van der Waals surface area contributed by atoms with Gasteiger partial charge in [-0.25, -0.2) is 9.59 Å². The van der Waals surface area contributed by atoms with Crippen molar-refractivity contribution in [2.45, 2.75) is 411 Å². The van der Waals surface area contributed by atoms with Crippen molar-refractivity contribution in [3.8, 4) is 0 Å². The molecule has 0 aromatic carbocycles. The third kappa shape index (κ3) is 32.5. The van der Waals surface area contributed by atoms with Gasteiger partial charge in [-0.2, -0.15) is 0 Å². The SMILES string of the molecule is CCCCCCCCCCCCCCCCCCCCC[C@@H](O)C(=O)N[C@@H](CO[C@@H]1O[C@H](CO[C@]2(C(=O)O)C[C@H](O[C@]3(C(=O)O)C[C@H](O)[C@@H](NC(=O)CO[C@@H]4O[C@@H](C)[C@@H](O)[C@@H](O)[C@@H]4O)[C@H]([C@H](O)[C@H](O)CO)O3)[C@@H](NC(C)=O)[C@H]([C@H](O)[C@H](O)CO)O2)[C@@H](O)[C@H](O)[C@H]1O)[C@H](O)[C@H](O)CCCCCCCCCCCCC(C)C. The summed E-state index contributed by atoms with van der Waals surface area (Å²) < 4.78 is 46.1. The Morgan fingerprint density at radius 2 is 0.936 bits per heavy atom. The molecule has 4 aliphatic heterocycles. The van der Waals surface area contributed by atoms with Crippen molar-refractivity contribution in [3.05, 3.63) is 0 Å². The molecular weight excluding hydrogens is 1450 g/mol. The topological polar surface area (TPSA) is 559 Å². The summed E-state index contributed by atoms with van der Waals surface area (Å²) in [6.45, 7) is 3.23. The minimum Gasteiger partial charge on any atom is -0.477 e. The van der Waals surface area contributed by atoms with Gasteiger partial charge in [-0.05, 0) is 25.7 Å². The quantitative estimate of drug-likeness (QED) is 0.0373. The highest BCUT2D eigenvalue weighted by molar-refractivity contribution is 5.81. The molecule has 0 unspecified atom stereocenters. The van der Waals surface area contributed by atoms with Crippen molar-refractivity contribution < 1.29 is 154 Å². The summed E-state index contributed by atoms with van der Waals surface area (Å²) >= 11 is 0. The number of aliphatic hydroxyl groups excluding tert-OH is 16. The Kier molecular flexibility index (Phi) is 46.8. The number of unbranched alkanes of at least 4 members (excludes halogenated alkanes) is 27. The molecule has 21 N–H and O–H groups in total. The molecule has 0 radical (unpaired) electrons. The molecule has 4 rings (SSSR count). The third-order valence-electron chi connectivity index (χ3n) is 21.5. The number of nitrogens with one attached hydrogen (secondary N) is 3. The van der Waals surface area contributed by atoms with E-state index in [9.17, 15) is 116 Å². The normalized spacial score (nSPS) is 30.9. The van der Waals surface area contributed by atoms with Gasteiger partial charge in [0.05, 0.1) is 69.0 Å². The molecule has 3 amide bonds. The highest BCUT2D eigenvalue weighted by atomic mass is 16.8. The molecule has 644 valence electrons. The van der Waals surface area contributed by atoms with Gasteiger partial charge in [0.15, 0.2) is 12.6 Å². The number of aliphatic hydroxyl groups is 16. The van der Waals surface area contributed by atoms with Crippen LogP contribution in [0.15, 0.2) is 0 Å². The molecule has 4 heterocycles. The molecule has 0 aromatic rings. The van der Waals surface area contributed by atoms with Crippen molar-refractivity contribution in [3.63, 3.8) is 0 Å². The summed E-state index contributed by atoms with van der Waals surface area (Å²) in [6, 6.07) is -5.57. The number of carboxylic acids is 2. The second kappa shape index (κ2) is 52.2. The number of carboxylic acid groups (broad SMARTS) is 2. The van der Waals surface area contributed by atoms with Crippen LogP contribution in [0.4, 0.5) is 0 Å². The van der Waals surface area contributed by atoms with E-state index in [0.717, 1.165) is 77.6 Å². The highest BCUT2D eigenvalue weighted by Crippen LogP contribution is 2.42. The number of ether oxygens (including phenoxy) is 8. The second-order valence-corrected chi connectivity index (χ2v) is 31.2. The van der Waals surface area contributed by atoms with Gasteiger partial charge in [-0.1, -0.05) is 213 Å². The molecule has 0 spiro atoms.